The van der Waals surface area contributed by atoms with Gasteiger partial charge < -0.3 is 9.47 Å². The highest BCUT2D eigenvalue weighted by molar-refractivity contribution is 6.15. The minimum Gasteiger partial charge on any atom is -0.310 e. The van der Waals surface area contributed by atoms with Gasteiger partial charge in [-0.25, -0.2) is 0 Å². The van der Waals surface area contributed by atoms with E-state index < -0.39 is 0 Å². The Morgan fingerprint density at radius 2 is 0.975 bits per heavy atom. The van der Waals surface area contributed by atoms with Gasteiger partial charge >= 0.3 is 0 Å². The molecule has 0 bridgehead atoms. The highest BCUT2D eigenvalue weighted by Gasteiger charge is 2.19. The lowest BCUT2D eigenvalue weighted by Gasteiger charge is -2.28. The predicted octanol–water partition coefficient (Wildman–Crippen LogP) is 10.6. The maximum atomic E-state index is 2.40. The molecule has 0 amide bonds. The predicted molar refractivity (Wildman–Crippen MR) is 170 cm³/mol. The molecular formula is C38H26N2. The van der Waals surface area contributed by atoms with Gasteiger partial charge in [0.1, 0.15) is 0 Å². The molecule has 0 unspecified atom stereocenters. The van der Waals surface area contributed by atoms with Gasteiger partial charge in [0.05, 0.1) is 16.7 Å². The van der Waals surface area contributed by atoms with Crippen LogP contribution >= 0.6 is 0 Å². The van der Waals surface area contributed by atoms with E-state index >= 15 is 0 Å². The van der Waals surface area contributed by atoms with Crippen LogP contribution in [0.25, 0.3) is 49.0 Å². The summed E-state index contributed by atoms with van der Waals surface area (Å²) in [6, 6.07) is 56.7. The first-order valence-corrected chi connectivity index (χ1v) is 13.7. The van der Waals surface area contributed by atoms with Crippen LogP contribution in [-0.2, 0) is 0 Å². The third kappa shape index (κ3) is 3.50. The van der Waals surface area contributed by atoms with E-state index in [1.165, 1.54) is 49.0 Å². The van der Waals surface area contributed by atoms with Crippen LogP contribution in [0.1, 0.15) is 0 Å². The third-order valence-corrected chi connectivity index (χ3v) is 7.93. The van der Waals surface area contributed by atoms with Gasteiger partial charge in [-0.05, 0) is 64.7 Å². The van der Waals surface area contributed by atoms with Crippen molar-refractivity contribution in [2.45, 2.75) is 0 Å². The van der Waals surface area contributed by atoms with Crippen molar-refractivity contribution in [2.75, 3.05) is 4.90 Å². The van der Waals surface area contributed by atoms with Crippen molar-refractivity contribution < 1.29 is 0 Å². The van der Waals surface area contributed by atoms with E-state index in [2.05, 4.69) is 167 Å². The van der Waals surface area contributed by atoms with Gasteiger partial charge in [-0.15, -0.1) is 0 Å². The van der Waals surface area contributed by atoms with Crippen LogP contribution in [0.5, 0.6) is 0 Å². The number of anilines is 3. The van der Waals surface area contributed by atoms with E-state index in [0.717, 1.165) is 17.1 Å². The van der Waals surface area contributed by atoms with Gasteiger partial charge in [0.15, 0.2) is 0 Å². The van der Waals surface area contributed by atoms with E-state index in [0.29, 0.717) is 0 Å². The van der Waals surface area contributed by atoms with Crippen LogP contribution in [0.3, 0.4) is 0 Å². The summed E-state index contributed by atoms with van der Waals surface area (Å²) < 4.78 is 2.38. The smallest absolute Gasteiger partial charge is 0.0561 e. The molecule has 0 atom stereocenters. The molecule has 0 aliphatic rings. The first-order chi connectivity index (χ1) is 19.9. The first-order valence-electron chi connectivity index (χ1n) is 13.7. The van der Waals surface area contributed by atoms with Crippen molar-refractivity contribution in [3.63, 3.8) is 0 Å². The maximum Gasteiger partial charge on any atom is 0.0561 e. The summed E-state index contributed by atoms with van der Waals surface area (Å²) >= 11 is 0. The summed E-state index contributed by atoms with van der Waals surface area (Å²) in [5.74, 6) is 0. The quantitative estimate of drug-likeness (QED) is 0.214. The Morgan fingerprint density at radius 3 is 1.77 bits per heavy atom. The summed E-state index contributed by atoms with van der Waals surface area (Å²) in [6.45, 7) is 0. The molecule has 188 valence electrons. The zero-order chi connectivity index (χ0) is 26.5. The molecule has 2 heteroatoms. The minimum absolute atomic E-state index is 1.12. The molecule has 0 saturated heterocycles. The van der Waals surface area contributed by atoms with E-state index in [9.17, 15) is 0 Å². The van der Waals surface area contributed by atoms with Gasteiger partial charge in [-0.2, -0.15) is 0 Å². The molecule has 8 rings (SSSR count). The molecule has 0 fully saturated rings. The summed E-state index contributed by atoms with van der Waals surface area (Å²) in [6.07, 6.45) is 0. The van der Waals surface area contributed by atoms with Crippen LogP contribution in [0.4, 0.5) is 17.1 Å². The van der Waals surface area contributed by atoms with E-state index in [1.807, 2.05) is 0 Å². The van der Waals surface area contributed by atoms with Crippen LogP contribution in [-0.4, -0.2) is 4.57 Å². The maximum absolute atomic E-state index is 2.40. The number of aromatic nitrogens is 1. The van der Waals surface area contributed by atoms with E-state index in [-0.39, 0.29) is 0 Å². The highest BCUT2D eigenvalue weighted by Crippen LogP contribution is 2.43. The lowest BCUT2D eigenvalue weighted by atomic mass is 9.99. The molecule has 0 N–H and O–H groups in total. The summed E-state index contributed by atoms with van der Waals surface area (Å²) in [4.78, 5) is 2.40. The zero-order valence-corrected chi connectivity index (χ0v) is 21.9. The second kappa shape index (κ2) is 9.14. The molecule has 8 aromatic rings. The Balaban J connectivity index is 1.46. The molecule has 0 aliphatic heterocycles. The Labute approximate surface area is 233 Å². The Hall–Kier alpha value is -5.34. The number of benzene rings is 7. The van der Waals surface area contributed by atoms with Crippen molar-refractivity contribution >= 4 is 60.4 Å². The van der Waals surface area contributed by atoms with Crippen LogP contribution in [0.2, 0.25) is 0 Å². The molecule has 0 saturated carbocycles. The highest BCUT2D eigenvalue weighted by atomic mass is 15.1. The van der Waals surface area contributed by atoms with E-state index in [4.69, 9.17) is 0 Å². The SMILES string of the molecule is c1ccc(N(c2ccc3c4ccccc4n(-c4ccccc4)c3c2)c2cc3ccccc3c3ccccc23)cc1. The average Bonchev–Trinajstić information content (AvgIpc) is 3.36. The number of hydrogen-bond acceptors (Lipinski definition) is 1. The molecule has 0 radical (unpaired) electrons. The largest absolute Gasteiger partial charge is 0.310 e. The molecule has 2 nitrogen and oxygen atoms in total. The van der Waals surface area contributed by atoms with Crippen LogP contribution in [0, 0.1) is 0 Å². The Morgan fingerprint density at radius 1 is 0.375 bits per heavy atom. The standard InChI is InChI=1S/C38H26N2/c1-3-14-28(15-4-1)39(37-25-27-13-7-8-18-31(27)32-19-9-10-20-33(32)37)30-23-24-35-34-21-11-12-22-36(34)40(38(35)26-30)29-16-5-2-6-17-29/h1-26H. The van der Waals surface area contributed by atoms with Crippen molar-refractivity contribution in [1.29, 1.82) is 0 Å². The lowest BCUT2D eigenvalue weighted by molar-refractivity contribution is 1.18. The fraction of sp³-hybridized carbons (Fsp3) is 0. The van der Waals surface area contributed by atoms with Gasteiger partial charge in [0.2, 0.25) is 0 Å². The molecule has 1 aromatic heterocycles. The summed E-state index contributed by atoms with van der Waals surface area (Å²) in [5, 5.41) is 7.51. The van der Waals surface area contributed by atoms with Crippen molar-refractivity contribution in [1.82, 2.24) is 4.57 Å². The molecule has 7 aromatic carbocycles. The third-order valence-electron chi connectivity index (χ3n) is 7.93. The normalized spacial score (nSPS) is 11.5. The van der Waals surface area contributed by atoms with Crippen LogP contribution < -0.4 is 4.90 Å². The molecular weight excluding hydrogens is 484 g/mol. The number of para-hydroxylation sites is 3. The molecule has 0 spiro atoms. The number of fused-ring (bicyclic) bond motifs is 6. The van der Waals surface area contributed by atoms with Gasteiger partial charge in [-0.1, -0.05) is 109 Å². The lowest BCUT2D eigenvalue weighted by Crippen LogP contribution is -2.10. The Bertz CT molecular complexity index is 2160. The van der Waals surface area contributed by atoms with Crippen molar-refractivity contribution in [2.24, 2.45) is 0 Å². The van der Waals surface area contributed by atoms with Gasteiger partial charge in [0, 0.05) is 33.2 Å². The van der Waals surface area contributed by atoms with Crippen molar-refractivity contribution in [3.8, 4) is 5.69 Å². The average molecular weight is 511 g/mol. The zero-order valence-electron chi connectivity index (χ0n) is 21.9. The topological polar surface area (TPSA) is 8.17 Å². The molecule has 1 heterocycles. The van der Waals surface area contributed by atoms with Gasteiger partial charge in [-0.3, -0.25) is 0 Å². The molecule has 40 heavy (non-hydrogen) atoms. The fourth-order valence-corrected chi connectivity index (χ4v) is 6.18. The first kappa shape index (κ1) is 22.6. The molecule has 0 aliphatic carbocycles. The van der Waals surface area contributed by atoms with Crippen molar-refractivity contribution in [3.05, 3.63) is 158 Å². The Kier molecular flexibility index (Phi) is 5.17. The fourth-order valence-electron chi connectivity index (χ4n) is 6.18. The summed E-state index contributed by atoms with van der Waals surface area (Å²) in [7, 11) is 0. The number of rotatable bonds is 4. The minimum atomic E-state index is 1.12. The van der Waals surface area contributed by atoms with Gasteiger partial charge in [0.25, 0.3) is 0 Å². The second-order valence-corrected chi connectivity index (χ2v) is 10.2. The second-order valence-electron chi connectivity index (χ2n) is 10.2. The monoisotopic (exact) mass is 510 g/mol. The number of hydrogen-bond donors (Lipinski definition) is 0. The van der Waals surface area contributed by atoms with Crippen LogP contribution in [0.15, 0.2) is 158 Å². The number of nitrogens with zero attached hydrogens (tertiary/aromatic N) is 2. The summed E-state index contributed by atoms with van der Waals surface area (Å²) in [5.41, 5.74) is 6.98. The van der Waals surface area contributed by atoms with E-state index in [1.54, 1.807) is 0 Å².